The molecule has 2 atom stereocenters. The molecule has 3 aromatic rings. The predicted octanol–water partition coefficient (Wildman–Crippen LogP) is 3.82. The van der Waals surface area contributed by atoms with Crippen molar-refractivity contribution >= 4 is 17.5 Å². The summed E-state index contributed by atoms with van der Waals surface area (Å²) in [5, 5.41) is 16.6. The summed E-state index contributed by atoms with van der Waals surface area (Å²) in [7, 11) is 0. The number of nitriles is 1. The second-order valence-corrected chi connectivity index (χ2v) is 9.25. The highest BCUT2D eigenvalue weighted by atomic mass is 35.5. The van der Waals surface area contributed by atoms with Crippen LogP contribution in [0.1, 0.15) is 35.4 Å². The molecule has 1 fully saturated rings. The van der Waals surface area contributed by atoms with E-state index in [-0.39, 0.29) is 11.8 Å². The van der Waals surface area contributed by atoms with Gasteiger partial charge in [-0.3, -0.25) is 4.79 Å². The summed E-state index contributed by atoms with van der Waals surface area (Å²) in [6.45, 7) is 1.64. The molecule has 1 aliphatic heterocycles. The summed E-state index contributed by atoms with van der Waals surface area (Å²) in [4.78, 5) is 21.1. The number of benzene rings is 2. The molecule has 0 radical (unpaired) electrons. The van der Waals surface area contributed by atoms with Crippen molar-refractivity contribution < 1.29 is 4.79 Å². The molecular weight excluding hydrogens is 434 g/mol. The van der Waals surface area contributed by atoms with E-state index in [1.165, 1.54) is 0 Å². The number of hydrogen-bond acceptors (Lipinski definition) is 4. The van der Waals surface area contributed by atoms with Crippen molar-refractivity contribution in [1.29, 1.82) is 5.26 Å². The number of aromatic nitrogens is 2. The minimum atomic E-state index is -0.620. The van der Waals surface area contributed by atoms with Gasteiger partial charge in [0.2, 0.25) is 5.91 Å². The average Bonchev–Trinajstić information content (AvgIpc) is 3.33. The number of carbonyl (C=O) groups is 1. The molecule has 7 heteroatoms. The Morgan fingerprint density at radius 1 is 1.18 bits per heavy atom. The molecule has 1 aliphatic rings. The fourth-order valence-corrected chi connectivity index (χ4v) is 4.81. The number of rotatable bonds is 8. The van der Waals surface area contributed by atoms with Gasteiger partial charge < -0.3 is 15.6 Å². The van der Waals surface area contributed by atoms with E-state index in [4.69, 9.17) is 11.6 Å². The molecule has 0 spiro atoms. The Morgan fingerprint density at radius 3 is 2.67 bits per heavy atom. The second-order valence-electron chi connectivity index (χ2n) is 8.82. The van der Waals surface area contributed by atoms with Crippen LogP contribution in [0.25, 0.3) is 0 Å². The Hall–Kier alpha value is -3.14. The number of amides is 1. The van der Waals surface area contributed by atoms with Crippen LogP contribution in [-0.2, 0) is 24.1 Å². The minimum absolute atomic E-state index is 0.0597. The van der Waals surface area contributed by atoms with Crippen molar-refractivity contribution in [2.45, 2.75) is 37.6 Å². The van der Waals surface area contributed by atoms with E-state index in [1.807, 2.05) is 48.5 Å². The number of nitrogens with zero attached hydrogens (tertiary/aromatic N) is 2. The standard InChI is InChI=1S/C26H28ClN5O/c27-23-5-1-3-21(13-23)15-26(16-24-30-11-12-31-24,14-19-6-8-20(17-28)9-7-19)32-25(33)22-4-2-10-29-18-22/h1,3,5-9,11-13,22,29H,2,4,10,14-16,18H2,(H,30,31)(H,32,33)/t22-,26?/m0/s1. The lowest BCUT2D eigenvalue weighted by atomic mass is 9.80. The smallest absolute Gasteiger partial charge is 0.224 e. The lowest BCUT2D eigenvalue weighted by molar-refractivity contribution is -0.127. The van der Waals surface area contributed by atoms with Crippen LogP contribution >= 0.6 is 11.6 Å². The van der Waals surface area contributed by atoms with E-state index >= 15 is 0 Å². The van der Waals surface area contributed by atoms with E-state index in [2.05, 4.69) is 26.7 Å². The number of piperidine rings is 1. The van der Waals surface area contributed by atoms with Gasteiger partial charge in [0.15, 0.2) is 0 Å². The summed E-state index contributed by atoms with van der Waals surface area (Å²) in [5.74, 6) is 0.812. The van der Waals surface area contributed by atoms with Crippen LogP contribution in [-0.4, -0.2) is 34.5 Å². The van der Waals surface area contributed by atoms with Crippen LogP contribution in [0.2, 0.25) is 5.02 Å². The van der Waals surface area contributed by atoms with Gasteiger partial charge in [-0.15, -0.1) is 0 Å². The number of hydrogen-bond donors (Lipinski definition) is 3. The quantitative estimate of drug-likeness (QED) is 0.475. The first kappa shape index (κ1) is 23.0. The molecule has 0 bridgehead atoms. The van der Waals surface area contributed by atoms with Crippen molar-refractivity contribution in [3.8, 4) is 6.07 Å². The van der Waals surface area contributed by atoms with Gasteiger partial charge in [0, 0.05) is 30.4 Å². The number of nitrogens with one attached hydrogen (secondary N) is 3. The van der Waals surface area contributed by atoms with Crippen molar-refractivity contribution in [3.63, 3.8) is 0 Å². The number of aromatic amines is 1. The highest BCUT2D eigenvalue weighted by molar-refractivity contribution is 6.30. The Labute approximate surface area is 199 Å². The Bertz CT molecular complexity index is 1100. The molecule has 0 saturated carbocycles. The fraction of sp³-hybridized carbons (Fsp3) is 0.346. The maximum absolute atomic E-state index is 13.4. The molecule has 170 valence electrons. The van der Waals surface area contributed by atoms with E-state index in [0.717, 1.165) is 36.3 Å². The zero-order valence-corrected chi connectivity index (χ0v) is 19.2. The molecule has 0 aliphatic carbocycles. The topological polar surface area (TPSA) is 93.6 Å². The largest absolute Gasteiger partial charge is 0.349 e. The summed E-state index contributed by atoms with van der Waals surface area (Å²) >= 11 is 6.29. The SMILES string of the molecule is N#Cc1ccc(CC(Cc2cccc(Cl)c2)(Cc2ncc[nH]2)NC(=O)[C@H]2CCCNC2)cc1. The zero-order chi connectivity index (χ0) is 23.1. The number of halogens is 1. The number of imidazole rings is 1. The van der Waals surface area contributed by atoms with Crippen molar-refractivity contribution in [1.82, 2.24) is 20.6 Å². The number of H-pyrrole nitrogens is 1. The van der Waals surface area contributed by atoms with Gasteiger partial charge in [-0.1, -0.05) is 35.9 Å². The Morgan fingerprint density at radius 2 is 2.00 bits per heavy atom. The molecular formula is C26H28ClN5O. The second kappa shape index (κ2) is 10.7. The van der Waals surface area contributed by atoms with E-state index in [9.17, 15) is 10.1 Å². The maximum Gasteiger partial charge on any atom is 0.224 e. The molecule has 1 saturated heterocycles. The van der Waals surface area contributed by atoms with Crippen LogP contribution in [0.4, 0.5) is 0 Å². The highest BCUT2D eigenvalue weighted by Gasteiger charge is 2.36. The fourth-order valence-electron chi connectivity index (χ4n) is 4.60. The lowest BCUT2D eigenvalue weighted by Crippen LogP contribution is -2.56. The third kappa shape index (κ3) is 6.22. The van der Waals surface area contributed by atoms with Crippen molar-refractivity contribution in [2.24, 2.45) is 5.92 Å². The minimum Gasteiger partial charge on any atom is -0.349 e. The molecule has 3 N–H and O–H groups in total. The van der Waals surface area contributed by atoms with Crippen LogP contribution < -0.4 is 10.6 Å². The highest BCUT2D eigenvalue weighted by Crippen LogP contribution is 2.26. The first-order valence-electron chi connectivity index (χ1n) is 11.3. The van der Waals surface area contributed by atoms with Crippen LogP contribution in [0, 0.1) is 17.2 Å². The van der Waals surface area contributed by atoms with Crippen LogP contribution in [0.15, 0.2) is 60.9 Å². The molecule has 2 aromatic carbocycles. The first-order chi connectivity index (χ1) is 16.0. The van der Waals surface area contributed by atoms with Gasteiger partial charge in [0.05, 0.1) is 23.1 Å². The third-order valence-electron chi connectivity index (χ3n) is 6.17. The Kier molecular flexibility index (Phi) is 7.43. The average molecular weight is 462 g/mol. The predicted molar refractivity (Wildman–Crippen MR) is 129 cm³/mol. The molecule has 2 heterocycles. The normalized spacial score (nSPS) is 17.6. The molecule has 33 heavy (non-hydrogen) atoms. The molecule has 4 rings (SSSR count). The van der Waals surface area contributed by atoms with Gasteiger partial charge in [0.1, 0.15) is 5.82 Å². The third-order valence-corrected chi connectivity index (χ3v) is 6.41. The summed E-state index contributed by atoms with van der Waals surface area (Å²) in [6.07, 6.45) is 7.13. The van der Waals surface area contributed by atoms with Gasteiger partial charge in [-0.05, 0) is 67.6 Å². The van der Waals surface area contributed by atoms with Crippen LogP contribution in [0.5, 0.6) is 0 Å². The van der Waals surface area contributed by atoms with E-state index in [1.54, 1.807) is 12.4 Å². The van der Waals surface area contributed by atoms with Gasteiger partial charge >= 0.3 is 0 Å². The summed E-state index contributed by atoms with van der Waals surface area (Å²) < 4.78 is 0. The maximum atomic E-state index is 13.4. The molecule has 6 nitrogen and oxygen atoms in total. The number of carbonyl (C=O) groups excluding carboxylic acids is 1. The van der Waals surface area contributed by atoms with Crippen molar-refractivity contribution in [3.05, 3.63) is 88.5 Å². The summed E-state index contributed by atoms with van der Waals surface area (Å²) in [5.41, 5.74) is 2.09. The first-order valence-corrected chi connectivity index (χ1v) is 11.7. The van der Waals surface area contributed by atoms with Gasteiger partial charge in [0.25, 0.3) is 0 Å². The molecule has 1 amide bonds. The van der Waals surface area contributed by atoms with Gasteiger partial charge in [-0.2, -0.15) is 5.26 Å². The lowest BCUT2D eigenvalue weighted by Gasteiger charge is -2.37. The zero-order valence-electron chi connectivity index (χ0n) is 18.5. The summed E-state index contributed by atoms with van der Waals surface area (Å²) in [6, 6.07) is 17.5. The van der Waals surface area contributed by atoms with Gasteiger partial charge in [-0.25, -0.2) is 4.98 Å². The van der Waals surface area contributed by atoms with E-state index < -0.39 is 5.54 Å². The molecule has 1 unspecified atom stereocenters. The Balaban J connectivity index is 1.70. The molecule has 1 aromatic heterocycles. The van der Waals surface area contributed by atoms with Crippen LogP contribution in [0.3, 0.4) is 0 Å². The monoisotopic (exact) mass is 461 g/mol. The van der Waals surface area contributed by atoms with E-state index in [0.29, 0.717) is 36.4 Å². The van der Waals surface area contributed by atoms with Crippen molar-refractivity contribution in [2.75, 3.05) is 13.1 Å².